The van der Waals surface area contributed by atoms with E-state index in [1.807, 2.05) is 20.8 Å². The molecular formula is C17H23NO5. The minimum atomic E-state index is -0.575. The molecule has 23 heavy (non-hydrogen) atoms. The van der Waals surface area contributed by atoms with Crippen LogP contribution in [0.25, 0.3) is 0 Å². The molecule has 1 amide bonds. The Labute approximate surface area is 136 Å². The summed E-state index contributed by atoms with van der Waals surface area (Å²) in [5, 5.41) is 2.77. The van der Waals surface area contributed by atoms with Crippen molar-refractivity contribution in [3.63, 3.8) is 0 Å². The number of amides is 1. The van der Waals surface area contributed by atoms with Crippen molar-refractivity contribution in [1.82, 2.24) is 0 Å². The average molecular weight is 321 g/mol. The summed E-state index contributed by atoms with van der Waals surface area (Å²) < 4.78 is 9.70. The van der Waals surface area contributed by atoms with E-state index in [0.717, 1.165) is 0 Å². The van der Waals surface area contributed by atoms with Gasteiger partial charge in [-0.1, -0.05) is 20.8 Å². The first kappa shape index (κ1) is 18.8. The van der Waals surface area contributed by atoms with Crippen LogP contribution in [-0.4, -0.2) is 37.5 Å². The molecule has 0 atom stereocenters. The molecular weight excluding hydrogens is 298 g/mol. The molecule has 126 valence electrons. The van der Waals surface area contributed by atoms with Crippen molar-refractivity contribution >= 4 is 23.3 Å². The zero-order valence-electron chi connectivity index (χ0n) is 14.0. The molecule has 0 radical (unpaired) electrons. The average Bonchev–Trinajstić information content (AvgIpc) is 2.50. The van der Waals surface area contributed by atoms with Gasteiger partial charge in [0.05, 0.1) is 0 Å². The first-order valence-corrected chi connectivity index (χ1v) is 7.42. The van der Waals surface area contributed by atoms with Crippen molar-refractivity contribution in [2.75, 3.05) is 25.1 Å². The topological polar surface area (TPSA) is 81.7 Å². The van der Waals surface area contributed by atoms with Crippen LogP contribution in [-0.2, 0) is 19.1 Å². The number of esters is 1. The Morgan fingerprint density at radius 2 is 1.65 bits per heavy atom. The summed E-state index contributed by atoms with van der Waals surface area (Å²) in [5.41, 5.74) is 0.515. The van der Waals surface area contributed by atoms with Gasteiger partial charge in [0.2, 0.25) is 5.91 Å². The molecule has 1 aromatic carbocycles. The molecule has 1 rings (SSSR count). The molecule has 6 nitrogen and oxygen atoms in total. The lowest BCUT2D eigenvalue weighted by Crippen LogP contribution is -2.27. The van der Waals surface area contributed by atoms with E-state index in [-0.39, 0.29) is 24.9 Å². The molecule has 0 spiro atoms. The minimum Gasteiger partial charge on any atom is -0.456 e. The number of benzene rings is 1. The predicted molar refractivity (Wildman–Crippen MR) is 86.3 cm³/mol. The van der Waals surface area contributed by atoms with E-state index in [1.165, 1.54) is 0 Å². The van der Waals surface area contributed by atoms with Crippen LogP contribution < -0.4 is 5.32 Å². The Bertz CT molecular complexity index is 557. The van der Waals surface area contributed by atoms with Gasteiger partial charge >= 0.3 is 5.97 Å². The number of anilines is 1. The quantitative estimate of drug-likeness (QED) is 0.616. The summed E-state index contributed by atoms with van der Waals surface area (Å²) in [6.45, 7) is 7.12. The number of hydrogen-bond acceptors (Lipinski definition) is 5. The van der Waals surface area contributed by atoms with Gasteiger partial charge in [0.15, 0.2) is 12.4 Å². The first-order valence-electron chi connectivity index (χ1n) is 7.42. The van der Waals surface area contributed by atoms with Gasteiger partial charge in [0, 0.05) is 23.3 Å². The number of ether oxygens (including phenoxy) is 2. The highest BCUT2D eigenvalue weighted by molar-refractivity contribution is 5.99. The van der Waals surface area contributed by atoms with Gasteiger partial charge in [-0.25, -0.2) is 4.79 Å². The van der Waals surface area contributed by atoms with Crippen LogP contribution in [0, 0.1) is 5.41 Å². The molecule has 0 fully saturated rings. The van der Waals surface area contributed by atoms with Gasteiger partial charge in [-0.05, 0) is 31.2 Å². The molecule has 0 aliphatic heterocycles. The maximum Gasteiger partial charge on any atom is 0.332 e. The van der Waals surface area contributed by atoms with Crippen LogP contribution in [0.2, 0.25) is 0 Å². The molecule has 0 aliphatic carbocycles. The Balaban J connectivity index is 2.54. The van der Waals surface area contributed by atoms with E-state index in [9.17, 15) is 14.4 Å². The van der Waals surface area contributed by atoms with E-state index >= 15 is 0 Å². The third-order valence-corrected chi connectivity index (χ3v) is 2.93. The van der Waals surface area contributed by atoms with Gasteiger partial charge in [-0.2, -0.15) is 0 Å². The zero-order valence-corrected chi connectivity index (χ0v) is 14.0. The molecule has 0 bridgehead atoms. The van der Waals surface area contributed by atoms with E-state index < -0.39 is 11.4 Å². The number of rotatable bonds is 7. The molecule has 6 heteroatoms. The third kappa shape index (κ3) is 6.61. The largest absolute Gasteiger partial charge is 0.456 e. The lowest BCUT2D eigenvalue weighted by atomic mass is 9.95. The summed E-state index contributed by atoms with van der Waals surface area (Å²) in [6, 6.07) is 6.44. The standard InChI is InChI=1S/C17H23NO5/c1-5-22-11-15(20)23-10-14(19)12-6-8-13(9-7-12)18-16(21)17(2,3)4/h6-9H,5,10-11H2,1-4H3,(H,18,21). The summed E-state index contributed by atoms with van der Waals surface area (Å²) in [6.07, 6.45) is 0. The van der Waals surface area contributed by atoms with Gasteiger partial charge in [-0.15, -0.1) is 0 Å². The Morgan fingerprint density at radius 3 is 2.17 bits per heavy atom. The van der Waals surface area contributed by atoms with Gasteiger partial charge in [-0.3, -0.25) is 9.59 Å². The molecule has 0 saturated carbocycles. The minimum absolute atomic E-state index is 0.110. The van der Waals surface area contributed by atoms with Gasteiger partial charge in [0.25, 0.3) is 0 Å². The van der Waals surface area contributed by atoms with Crippen molar-refractivity contribution in [2.45, 2.75) is 27.7 Å². The maximum absolute atomic E-state index is 11.9. The summed E-state index contributed by atoms with van der Waals surface area (Å²) in [7, 11) is 0. The lowest BCUT2D eigenvalue weighted by Gasteiger charge is -2.17. The smallest absolute Gasteiger partial charge is 0.332 e. The fourth-order valence-corrected chi connectivity index (χ4v) is 1.51. The van der Waals surface area contributed by atoms with Crippen LogP contribution in [0.5, 0.6) is 0 Å². The van der Waals surface area contributed by atoms with Gasteiger partial charge < -0.3 is 14.8 Å². The SMILES string of the molecule is CCOCC(=O)OCC(=O)c1ccc(NC(=O)C(C)(C)C)cc1. The van der Waals surface area contributed by atoms with Crippen molar-refractivity contribution < 1.29 is 23.9 Å². The molecule has 1 N–H and O–H groups in total. The van der Waals surface area contributed by atoms with Crippen LogP contribution >= 0.6 is 0 Å². The third-order valence-electron chi connectivity index (χ3n) is 2.93. The van der Waals surface area contributed by atoms with Crippen molar-refractivity contribution in [3.8, 4) is 0 Å². The van der Waals surface area contributed by atoms with Crippen LogP contribution in [0.3, 0.4) is 0 Å². The highest BCUT2D eigenvalue weighted by atomic mass is 16.6. The van der Waals surface area contributed by atoms with Crippen LogP contribution in [0.1, 0.15) is 38.1 Å². The van der Waals surface area contributed by atoms with E-state index in [0.29, 0.717) is 17.9 Å². The van der Waals surface area contributed by atoms with Crippen molar-refractivity contribution in [3.05, 3.63) is 29.8 Å². The molecule has 1 aromatic rings. The molecule has 0 heterocycles. The maximum atomic E-state index is 11.9. The summed E-state index contributed by atoms with van der Waals surface area (Å²) >= 11 is 0. The second-order valence-corrected chi connectivity index (χ2v) is 6.00. The van der Waals surface area contributed by atoms with Crippen LogP contribution in [0.4, 0.5) is 5.69 Å². The number of ketones is 1. The van der Waals surface area contributed by atoms with Crippen molar-refractivity contribution in [2.24, 2.45) is 5.41 Å². The van der Waals surface area contributed by atoms with E-state index in [2.05, 4.69) is 5.32 Å². The predicted octanol–water partition coefficient (Wildman–Crippen LogP) is 2.43. The fraction of sp³-hybridized carbons (Fsp3) is 0.471. The monoisotopic (exact) mass is 321 g/mol. The van der Waals surface area contributed by atoms with Crippen LogP contribution in [0.15, 0.2) is 24.3 Å². The summed E-state index contributed by atoms with van der Waals surface area (Å²) in [4.78, 5) is 35.0. The zero-order chi connectivity index (χ0) is 17.5. The number of carbonyl (C=O) groups is 3. The highest BCUT2D eigenvalue weighted by Crippen LogP contribution is 2.17. The first-order chi connectivity index (χ1) is 10.7. The molecule has 0 unspecified atom stereocenters. The molecule has 0 aromatic heterocycles. The summed E-state index contributed by atoms with van der Waals surface area (Å²) in [5.74, 6) is -1.00. The molecule has 0 aliphatic rings. The number of carbonyl (C=O) groups excluding carboxylic acids is 3. The number of nitrogens with one attached hydrogen (secondary N) is 1. The van der Waals surface area contributed by atoms with Gasteiger partial charge in [0.1, 0.15) is 6.61 Å². The number of hydrogen-bond donors (Lipinski definition) is 1. The Kier molecular flexibility index (Phi) is 6.90. The Hall–Kier alpha value is -2.21. The molecule has 0 saturated heterocycles. The van der Waals surface area contributed by atoms with E-state index in [4.69, 9.17) is 9.47 Å². The van der Waals surface area contributed by atoms with E-state index in [1.54, 1.807) is 31.2 Å². The second kappa shape index (κ2) is 8.43. The lowest BCUT2D eigenvalue weighted by molar-refractivity contribution is -0.147. The fourth-order valence-electron chi connectivity index (χ4n) is 1.51. The second-order valence-electron chi connectivity index (χ2n) is 6.00. The Morgan fingerprint density at radius 1 is 1.04 bits per heavy atom. The number of Topliss-reactive ketones (excluding diaryl/α,β-unsaturated/α-hetero) is 1. The normalized spacial score (nSPS) is 11.0. The highest BCUT2D eigenvalue weighted by Gasteiger charge is 2.21. The van der Waals surface area contributed by atoms with Crippen molar-refractivity contribution in [1.29, 1.82) is 0 Å².